The standard InChI is InChI=1S/C15H30N2O/c1-10(2)12-13(18)16(9)14(5,6)15(7,8)17(12)11(3)4/h10-12H,1-9H3. The molecule has 0 radical (unpaired) electrons. The van der Waals surface area contributed by atoms with Gasteiger partial charge in [0.05, 0.1) is 11.6 Å². The van der Waals surface area contributed by atoms with Crippen molar-refractivity contribution in [2.24, 2.45) is 5.92 Å². The fourth-order valence-electron chi connectivity index (χ4n) is 3.24. The number of hydrogen-bond donors (Lipinski definition) is 0. The summed E-state index contributed by atoms with van der Waals surface area (Å²) in [7, 11) is 1.94. The molecule has 3 heteroatoms. The van der Waals surface area contributed by atoms with Gasteiger partial charge >= 0.3 is 0 Å². The molecule has 0 saturated carbocycles. The lowest BCUT2D eigenvalue weighted by Crippen LogP contribution is -2.77. The highest BCUT2D eigenvalue weighted by Gasteiger charge is 2.56. The van der Waals surface area contributed by atoms with Crippen LogP contribution in [-0.4, -0.2) is 45.9 Å². The molecule has 18 heavy (non-hydrogen) atoms. The number of amides is 1. The quantitative estimate of drug-likeness (QED) is 0.756. The van der Waals surface area contributed by atoms with Crippen LogP contribution in [0.3, 0.4) is 0 Å². The van der Waals surface area contributed by atoms with Crippen LogP contribution in [0.4, 0.5) is 0 Å². The second-order valence-corrected chi connectivity index (χ2v) is 7.21. The molecule has 0 aromatic rings. The molecule has 1 amide bonds. The van der Waals surface area contributed by atoms with E-state index in [1.54, 1.807) is 0 Å². The first-order valence-electron chi connectivity index (χ1n) is 7.02. The fraction of sp³-hybridized carbons (Fsp3) is 0.933. The van der Waals surface area contributed by atoms with E-state index in [9.17, 15) is 4.79 Å². The molecule has 1 saturated heterocycles. The van der Waals surface area contributed by atoms with E-state index in [2.05, 4.69) is 60.3 Å². The Morgan fingerprint density at radius 3 is 1.78 bits per heavy atom. The third-order valence-electron chi connectivity index (χ3n) is 5.05. The Hall–Kier alpha value is -0.570. The maximum Gasteiger partial charge on any atom is 0.240 e. The van der Waals surface area contributed by atoms with E-state index in [4.69, 9.17) is 0 Å². The second-order valence-electron chi connectivity index (χ2n) is 7.21. The maximum atomic E-state index is 12.7. The van der Waals surface area contributed by atoms with E-state index in [1.807, 2.05) is 11.9 Å². The summed E-state index contributed by atoms with van der Waals surface area (Å²) in [6.07, 6.45) is 0. The number of nitrogens with zero attached hydrogens (tertiary/aromatic N) is 2. The Balaban J connectivity index is 3.36. The Kier molecular flexibility index (Phi) is 3.89. The minimum Gasteiger partial charge on any atom is -0.337 e. The van der Waals surface area contributed by atoms with Gasteiger partial charge in [0, 0.05) is 18.6 Å². The summed E-state index contributed by atoms with van der Waals surface area (Å²) in [5.74, 6) is 0.584. The van der Waals surface area contributed by atoms with Crippen LogP contribution in [0.1, 0.15) is 55.4 Å². The van der Waals surface area contributed by atoms with Gasteiger partial charge in [-0.3, -0.25) is 9.69 Å². The highest BCUT2D eigenvalue weighted by Crippen LogP contribution is 2.41. The van der Waals surface area contributed by atoms with Crippen molar-refractivity contribution in [2.45, 2.75) is 78.6 Å². The summed E-state index contributed by atoms with van der Waals surface area (Å²) < 4.78 is 0. The highest BCUT2D eigenvalue weighted by atomic mass is 16.2. The van der Waals surface area contributed by atoms with Crippen LogP contribution in [0.15, 0.2) is 0 Å². The Bertz CT molecular complexity index is 331. The van der Waals surface area contributed by atoms with Crippen LogP contribution in [-0.2, 0) is 4.79 Å². The van der Waals surface area contributed by atoms with Crippen molar-refractivity contribution in [2.75, 3.05) is 7.05 Å². The molecular weight excluding hydrogens is 224 g/mol. The molecule has 1 atom stereocenters. The molecule has 1 aliphatic heterocycles. The topological polar surface area (TPSA) is 23.6 Å². The van der Waals surface area contributed by atoms with E-state index < -0.39 is 0 Å². The van der Waals surface area contributed by atoms with Crippen molar-refractivity contribution in [3.63, 3.8) is 0 Å². The van der Waals surface area contributed by atoms with Gasteiger partial charge in [-0.05, 0) is 47.5 Å². The lowest BCUT2D eigenvalue weighted by Gasteiger charge is -2.62. The maximum absolute atomic E-state index is 12.7. The Labute approximate surface area is 113 Å². The zero-order valence-corrected chi connectivity index (χ0v) is 13.5. The summed E-state index contributed by atoms with van der Waals surface area (Å²) in [5.41, 5.74) is -0.210. The lowest BCUT2D eigenvalue weighted by molar-refractivity contribution is -0.174. The van der Waals surface area contributed by atoms with Gasteiger partial charge in [0.15, 0.2) is 0 Å². The molecular formula is C15H30N2O. The number of rotatable bonds is 2. The molecule has 1 aliphatic rings. The summed E-state index contributed by atoms with van der Waals surface area (Å²) in [4.78, 5) is 17.0. The van der Waals surface area contributed by atoms with Crippen LogP contribution in [0.5, 0.6) is 0 Å². The zero-order chi connectivity index (χ0) is 14.5. The van der Waals surface area contributed by atoms with Gasteiger partial charge in [-0.1, -0.05) is 13.8 Å². The molecule has 106 valence electrons. The van der Waals surface area contributed by atoms with Gasteiger partial charge in [0.1, 0.15) is 0 Å². The molecule has 3 nitrogen and oxygen atoms in total. The summed E-state index contributed by atoms with van der Waals surface area (Å²) in [6, 6.07) is 0.349. The summed E-state index contributed by atoms with van der Waals surface area (Å²) in [6.45, 7) is 17.5. The van der Waals surface area contributed by atoms with E-state index >= 15 is 0 Å². The minimum atomic E-state index is -0.167. The molecule has 0 aliphatic carbocycles. The SMILES string of the molecule is CC(C)C1C(=O)N(C)C(C)(C)C(C)(C)N1C(C)C. The number of likely N-dealkylation sites (N-methyl/N-ethyl adjacent to an activating group) is 1. The number of carbonyl (C=O) groups is 1. The van der Waals surface area contributed by atoms with Gasteiger partial charge in [-0.25, -0.2) is 0 Å². The number of hydrogen-bond acceptors (Lipinski definition) is 2. The highest BCUT2D eigenvalue weighted by molar-refractivity contribution is 5.84. The Morgan fingerprint density at radius 1 is 1.00 bits per heavy atom. The van der Waals surface area contributed by atoms with Gasteiger partial charge in [0.25, 0.3) is 0 Å². The van der Waals surface area contributed by atoms with E-state index in [0.717, 1.165) is 0 Å². The third kappa shape index (κ3) is 1.97. The first-order chi connectivity index (χ1) is 7.96. The van der Waals surface area contributed by atoms with Crippen molar-refractivity contribution in [3.8, 4) is 0 Å². The number of carbonyl (C=O) groups excluding carboxylic acids is 1. The molecule has 0 N–H and O–H groups in total. The van der Waals surface area contributed by atoms with Gasteiger partial charge in [-0.2, -0.15) is 0 Å². The lowest BCUT2D eigenvalue weighted by atomic mass is 9.73. The van der Waals surface area contributed by atoms with E-state index in [1.165, 1.54) is 0 Å². The molecule has 1 rings (SSSR count). The molecule has 0 spiro atoms. The van der Waals surface area contributed by atoms with Crippen molar-refractivity contribution >= 4 is 5.91 Å². The smallest absolute Gasteiger partial charge is 0.240 e. The van der Waals surface area contributed by atoms with Crippen LogP contribution in [0.25, 0.3) is 0 Å². The second kappa shape index (κ2) is 4.52. The molecule has 1 fully saturated rings. The average molecular weight is 254 g/mol. The molecule has 1 unspecified atom stereocenters. The summed E-state index contributed by atoms with van der Waals surface area (Å²) in [5, 5.41) is 0. The normalized spacial score (nSPS) is 28.3. The first-order valence-corrected chi connectivity index (χ1v) is 7.02. The molecule has 0 aromatic heterocycles. The Morgan fingerprint density at radius 2 is 1.44 bits per heavy atom. The summed E-state index contributed by atoms with van der Waals surface area (Å²) >= 11 is 0. The van der Waals surface area contributed by atoms with Gasteiger partial charge in [0.2, 0.25) is 5.91 Å². The fourth-order valence-corrected chi connectivity index (χ4v) is 3.24. The zero-order valence-electron chi connectivity index (χ0n) is 13.5. The van der Waals surface area contributed by atoms with E-state index in [-0.39, 0.29) is 23.0 Å². The molecule has 1 heterocycles. The first kappa shape index (κ1) is 15.5. The average Bonchev–Trinajstić information content (AvgIpc) is 2.20. The van der Waals surface area contributed by atoms with Crippen molar-refractivity contribution in [1.82, 2.24) is 9.80 Å². The van der Waals surface area contributed by atoms with Crippen LogP contribution in [0, 0.1) is 5.92 Å². The largest absolute Gasteiger partial charge is 0.337 e. The van der Waals surface area contributed by atoms with Crippen molar-refractivity contribution < 1.29 is 4.79 Å². The van der Waals surface area contributed by atoms with Gasteiger partial charge < -0.3 is 4.90 Å². The predicted molar refractivity (Wildman–Crippen MR) is 76.5 cm³/mol. The predicted octanol–water partition coefficient (Wildman–Crippen LogP) is 2.75. The number of piperazine rings is 1. The van der Waals surface area contributed by atoms with Crippen molar-refractivity contribution in [3.05, 3.63) is 0 Å². The van der Waals surface area contributed by atoms with Crippen molar-refractivity contribution in [1.29, 1.82) is 0 Å². The third-order valence-corrected chi connectivity index (χ3v) is 5.05. The van der Waals surface area contributed by atoms with Crippen LogP contribution in [0.2, 0.25) is 0 Å². The van der Waals surface area contributed by atoms with Crippen LogP contribution < -0.4 is 0 Å². The monoisotopic (exact) mass is 254 g/mol. The molecule has 0 bridgehead atoms. The van der Waals surface area contributed by atoms with Gasteiger partial charge in [-0.15, -0.1) is 0 Å². The minimum absolute atomic E-state index is 0.0157. The molecule has 0 aromatic carbocycles. The van der Waals surface area contributed by atoms with Crippen LogP contribution >= 0.6 is 0 Å². The van der Waals surface area contributed by atoms with E-state index in [0.29, 0.717) is 12.0 Å².